The van der Waals surface area contributed by atoms with Crippen LogP contribution < -0.4 is 10.6 Å². The van der Waals surface area contributed by atoms with Gasteiger partial charge in [-0.3, -0.25) is 19.4 Å². The number of amides is 2. The van der Waals surface area contributed by atoms with E-state index >= 15 is 0 Å². The number of esters is 2. The van der Waals surface area contributed by atoms with Gasteiger partial charge in [-0.2, -0.15) is 0 Å². The molecule has 0 bridgehead atoms. The van der Waals surface area contributed by atoms with E-state index in [0.29, 0.717) is 6.42 Å². The van der Waals surface area contributed by atoms with Crippen molar-refractivity contribution >= 4 is 23.8 Å². The average Bonchev–Trinajstić information content (AvgIpc) is 3.00. The highest BCUT2D eigenvalue weighted by molar-refractivity contribution is 5.96. The van der Waals surface area contributed by atoms with Gasteiger partial charge in [-0.1, -0.05) is 66.7 Å². The number of ether oxygens (including phenoxy) is 3. The van der Waals surface area contributed by atoms with Gasteiger partial charge in [-0.05, 0) is 43.5 Å². The van der Waals surface area contributed by atoms with E-state index in [4.69, 9.17) is 14.2 Å². The van der Waals surface area contributed by atoms with Crippen molar-refractivity contribution < 1.29 is 33.4 Å². The first kappa shape index (κ1) is 31.0. The molecular weight excluding hydrogens is 526 g/mol. The zero-order valence-electron chi connectivity index (χ0n) is 23.2. The first-order valence-corrected chi connectivity index (χ1v) is 13.4. The summed E-state index contributed by atoms with van der Waals surface area (Å²) in [4.78, 5) is 54.6. The summed E-state index contributed by atoms with van der Waals surface area (Å²) in [7, 11) is 0. The fraction of sp³-hybridized carbons (Fsp3) is 0.323. The van der Waals surface area contributed by atoms with Crippen LogP contribution in [0.2, 0.25) is 0 Å². The van der Waals surface area contributed by atoms with Gasteiger partial charge >= 0.3 is 11.9 Å². The lowest BCUT2D eigenvalue weighted by Crippen LogP contribution is -2.54. The van der Waals surface area contributed by atoms with E-state index in [-0.39, 0.29) is 31.9 Å². The van der Waals surface area contributed by atoms with Crippen molar-refractivity contribution in [1.29, 1.82) is 0 Å². The number of aromatic nitrogens is 1. The normalized spacial score (nSPS) is 12.8. The Labute approximate surface area is 239 Å². The number of pyridine rings is 1. The summed E-state index contributed by atoms with van der Waals surface area (Å²) in [5.41, 5.74) is 1.87. The number of nitrogens with zero attached hydrogens (tertiary/aromatic N) is 1. The predicted octanol–water partition coefficient (Wildman–Crippen LogP) is 3.36. The Morgan fingerprint density at radius 3 is 2.10 bits per heavy atom. The lowest BCUT2D eigenvalue weighted by molar-refractivity contribution is -0.163. The lowest BCUT2D eigenvalue weighted by Gasteiger charge is -2.25. The minimum Gasteiger partial charge on any atom is -0.461 e. The van der Waals surface area contributed by atoms with Crippen molar-refractivity contribution in [2.75, 3.05) is 6.54 Å². The fourth-order valence-electron chi connectivity index (χ4n) is 3.68. The van der Waals surface area contributed by atoms with Crippen LogP contribution in [0.1, 0.15) is 48.3 Å². The molecular formula is C31H35N3O7. The molecule has 216 valence electrons. The summed E-state index contributed by atoms with van der Waals surface area (Å²) < 4.78 is 16.4. The molecule has 0 unspecified atom stereocenters. The summed E-state index contributed by atoms with van der Waals surface area (Å²) >= 11 is 0. The van der Waals surface area contributed by atoms with Crippen LogP contribution in [0.15, 0.2) is 85.1 Å². The topological polar surface area (TPSA) is 133 Å². The van der Waals surface area contributed by atoms with Crippen molar-refractivity contribution in [3.63, 3.8) is 0 Å². The second-order valence-electron chi connectivity index (χ2n) is 9.29. The largest absolute Gasteiger partial charge is 0.461 e. The number of carbonyl (C=O) groups excluding carboxylic acids is 4. The zero-order valence-corrected chi connectivity index (χ0v) is 23.2. The lowest BCUT2D eigenvalue weighted by atomic mass is 10.1. The predicted molar refractivity (Wildman–Crippen MR) is 150 cm³/mol. The molecule has 2 amide bonds. The second-order valence-corrected chi connectivity index (χ2v) is 9.29. The molecule has 0 saturated carbocycles. The summed E-state index contributed by atoms with van der Waals surface area (Å²) in [6.45, 7) is 3.58. The summed E-state index contributed by atoms with van der Waals surface area (Å²) in [5.74, 6) is -2.26. The highest BCUT2D eigenvalue weighted by Gasteiger charge is 2.31. The number of carbonyl (C=O) groups is 4. The zero-order chi connectivity index (χ0) is 29.5. The number of hydrogen-bond acceptors (Lipinski definition) is 8. The van der Waals surface area contributed by atoms with Gasteiger partial charge in [-0.25, -0.2) is 4.79 Å². The van der Waals surface area contributed by atoms with E-state index in [0.717, 1.165) is 11.1 Å². The van der Waals surface area contributed by atoms with Gasteiger partial charge in [0.25, 0.3) is 5.91 Å². The summed E-state index contributed by atoms with van der Waals surface area (Å²) in [6, 6.07) is 22.2. The number of nitrogens with one attached hydrogen (secondary N) is 2. The Bertz CT molecular complexity index is 1260. The SMILES string of the molecule is C[C@@H](OCc1ccccc1)C(=O)O[C@H](C)[C@H](NC(=O)c1ccccn1)C(=O)NCCCC(=O)OCc1ccccc1. The van der Waals surface area contributed by atoms with Crippen molar-refractivity contribution in [1.82, 2.24) is 15.6 Å². The van der Waals surface area contributed by atoms with Gasteiger partial charge in [0.05, 0.1) is 6.61 Å². The van der Waals surface area contributed by atoms with Crippen molar-refractivity contribution in [3.8, 4) is 0 Å². The molecule has 10 nitrogen and oxygen atoms in total. The third-order valence-corrected chi connectivity index (χ3v) is 6.01. The maximum Gasteiger partial charge on any atom is 0.335 e. The molecule has 41 heavy (non-hydrogen) atoms. The van der Waals surface area contributed by atoms with Gasteiger partial charge in [0.2, 0.25) is 5.91 Å². The van der Waals surface area contributed by atoms with E-state index < -0.39 is 42.0 Å². The summed E-state index contributed by atoms with van der Waals surface area (Å²) in [6.07, 6.45) is -0.0724. The van der Waals surface area contributed by atoms with Crippen LogP contribution in [-0.2, 0) is 41.8 Å². The molecule has 1 aromatic heterocycles. The monoisotopic (exact) mass is 561 g/mol. The standard InChI is InChI=1S/C31H35N3O7/c1-22(41-31(38)23(2)39-20-24-12-5-3-6-13-24)28(34-29(36)26-16-9-10-18-32-26)30(37)33-19-11-17-27(35)40-21-25-14-7-4-8-15-25/h3-10,12-16,18,22-23,28H,11,17,19-21H2,1-2H3,(H,33,37)(H,34,36)/t22-,23-,28+/m1/s1. The Morgan fingerprint density at radius 2 is 1.46 bits per heavy atom. The third-order valence-electron chi connectivity index (χ3n) is 6.01. The molecule has 2 N–H and O–H groups in total. The highest BCUT2D eigenvalue weighted by Crippen LogP contribution is 2.09. The molecule has 3 atom stereocenters. The van der Waals surface area contributed by atoms with E-state index in [1.807, 2.05) is 60.7 Å². The first-order chi connectivity index (χ1) is 19.8. The van der Waals surface area contributed by atoms with E-state index in [9.17, 15) is 19.2 Å². The molecule has 3 rings (SSSR count). The van der Waals surface area contributed by atoms with Crippen molar-refractivity contribution in [2.45, 2.75) is 58.2 Å². The van der Waals surface area contributed by atoms with Gasteiger partial charge < -0.3 is 24.8 Å². The van der Waals surface area contributed by atoms with Crippen LogP contribution in [0.5, 0.6) is 0 Å². The molecule has 3 aromatic rings. The average molecular weight is 562 g/mol. The van der Waals surface area contributed by atoms with Crippen LogP contribution in [0.4, 0.5) is 0 Å². The van der Waals surface area contributed by atoms with Gasteiger partial charge in [0, 0.05) is 19.2 Å². The third kappa shape index (κ3) is 10.8. The molecule has 10 heteroatoms. The van der Waals surface area contributed by atoms with Crippen LogP contribution in [0, 0.1) is 0 Å². The quantitative estimate of drug-likeness (QED) is 0.213. The molecule has 1 heterocycles. The summed E-state index contributed by atoms with van der Waals surface area (Å²) in [5, 5.41) is 5.29. The minimum absolute atomic E-state index is 0.0961. The van der Waals surface area contributed by atoms with Crippen LogP contribution >= 0.6 is 0 Å². The highest BCUT2D eigenvalue weighted by atomic mass is 16.6. The molecule has 0 aliphatic carbocycles. The minimum atomic E-state index is -1.22. The van der Waals surface area contributed by atoms with Crippen molar-refractivity contribution in [2.24, 2.45) is 0 Å². The molecule has 0 saturated heterocycles. The Morgan fingerprint density at radius 1 is 0.829 bits per heavy atom. The van der Waals surface area contributed by atoms with Gasteiger partial charge in [0.1, 0.15) is 24.4 Å². The molecule has 0 spiro atoms. The van der Waals surface area contributed by atoms with Gasteiger partial charge in [-0.15, -0.1) is 0 Å². The van der Waals surface area contributed by atoms with Crippen LogP contribution in [-0.4, -0.2) is 53.5 Å². The molecule has 0 radical (unpaired) electrons. The molecule has 0 aliphatic heterocycles. The number of hydrogen-bond donors (Lipinski definition) is 2. The van der Waals surface area contributed by atoms with E-state index in [2.05, 4.69) is 15.6 Å². The van der Waals surface area contributed by atoms with Crippen molar-refractivity contribution in [3.05, 3.63) is 102 Å². The Kier molecular flexibility index (Phi) is 12.5. The fourth-order valence-corrected chi connectivity index (χ4v) is 3.68. The Hall–Kier alpha value is -4.57. The molecule has 0 aliphatic rings. The molecule has 0 fully saturated rings. The van der Waals surface area contributed by atoms with E-state index in [1.165, 1.54) is 19.2 Å². The maximum atomic E-state index is 13.1. The van der Waals surface area contributed by atoms with Crippen LogP contribution in [0.25, 0.3) is 0 Å². The Balaban J connectivity index is 1.52. The van der Waals surface area contributed by atoms with E-state index in [1.54, 1.807) is 19.1 Å². The van der Waals surface area contributed by atoms with Gasteiger partial charge in [0.15, 0.2) is 6.10 Å². The van der Waals surface area contributed by atoms with Crippen LogP contribution in [0.3, 0.4) is 0 Å². The number of benzene rings is 2. The second kappa shape index (κ2) is 16.5. The number of rotatable bonds is 15. The maximum absolute atomic E-state index is 13.1. The first-order valence-electron chi connectivity index (χ1n) is 13.4. The smallest absolute Gasteiger partial charge is 0.335 e. The molecule has 2 aromatic carbocycles.